The maximum atomic E-state index is 13.0. The molecule has 2 amide bonds. The number of para-hydroxylation sites is 1. The van der Waals surface area contributed by atoms with Crippen molar-refractivity contribution in [3.05, 3.63) is 77.0 Å². The van der Waals surface area contributed by atoms with Gasteiger partial charge in [0.05, 0.1) is 19.3 Å². The number of ether oxygens (including phenoxy) is 1. The minimum Gasteiger partial charge on any atom is -0.497 e. The van der Waals surface area contributed by atoms with Crippen LogP contribution >= 0.6 is 23.1 Å². The Morgan fingerprint density at radius 3 is 2.58 bits per heavy atom. The number of nitrogens with zero attached hydrogens (tertiary/aromatic N) is 2. The number of aliphatic imine (C=N–C) groups is 1. The zero-order valence-corrected chi connectivity index (χ0v) is 18.5. The van der Waals surface area contributed by atoms with Crippen molar-refractivity contribution in [1.82, 2.24) is 4.90 Å². The van der Waals surface area contributed by atoms with Gasteiger partial charge in [-0.2, -0.15) is 0 Å². The van der Waals surface area contributed by atoms with Gasteiger partial charge in [0.25, 0.3) is 0 Å². The van der Waals surface area contributed by atoms with Crippen LogP contribution in [0.15, 0.2) is 77.1 Å². The van der Waals surface area contributed by atoms with Crippen molar-refractivity contribution in [2.45, 2.75) is 18.2 Å². The van der Waals surface area contributed by atoms with Crippen molar-refractivity contribution in [1.29, 1.82) is 0 Å². The van der Waals surface area contributed by atoms with E-state index < -0.39 is 5.25 Å². The van der Waals surface area contributed by atoms with E-state index in [2.05, 4.69) is 5.32 Å². The van der Waals surface area contributed by atoms with Crippen molar-refractivity contribution in [2.24, 2.45) is 4.99 Å². The van der Waals surface area contributed by atoms with Crippen molar-refractivity contribution in [3.8, 4) is 5.75 Å². The Hall–Kier alpha value is -3.10. The summed E-state index contributed by atoms with van der Waals surface area (Å²) < 4.78 is 5.20. The lowest BCUT2D eigenvalue weighted by Gasteiger charge is -2.31. The fourth-order valence-electron chi connectivity index (χ4n) is 3.07. The summed E-state index contributed by atoms with van der Waals surface area (Å²) in [5.41, 5.74) is 1.40. The van der Waals surface area contributed by atoms with E-state index in [1.54, 1.807) is 23.3 Å². The first-order valence-corrected chi connectivity index (χ1v) is 11.5. The lowest BCUT2D eigenvalue weighted by Crippen LogP contribution is -2.44. The molecule has 3 aromatic rings. The van der Waals surface area contributed by atoms with Gasteiger partial charge >= 0.3 is 0 Å². The first kappa shape index (κ1) is 21.1. The fraction of sp³-hybridized carbons (Fsp3) is 0.174. The van der Waals surface area contributed by atoms with Crippen LogP contribution in [0.1, 0.15) is 11.3 Å². The zero-order chi connectivity index (χ0) is 21.6. The average Bonchev–Trinajstić information content (AvgIpc) is 3.30. The Morgan fingerprint density at radius 2 is 1.90 bits per heavy atom. The maximum Gasteiger partial charge on any atom is 0.238 e. The molecule has 0 bridgehead atoms. The molecule has 1 aliphatic rings. The molecule has 1 aromatic heterocycles. The molecule has 1 fully saturated rings. The van der Waals surface area contributed by atoms with E-state index in [4.69, 9.17) is 9.73 Å². The fourth-order valence-corrected chi connectivity index (χ4v) is 4.86. The number of hydrogen-bond donors (Lipinski definition) is 1. The Balaban J connectivity index is 1.59. The van der Waals surface area contributed by atoms with Gasteiger partial charge in [-0.05, 0) is 47.8 Å². The van der Waals surface area contributed by atoms with Crippen molar-refractivity contribution < 1.29 is 14.3 Å². The molecule has 0 saturated carbocycles. The van der Waals surface area contributed by atoms with E-state index in [0.29, 0.717) is 23.1 Å². The molecular formula is C23H21N3O3S2. The van der Waals surface area contributed by atoms with Gasteiger partial charge in [0.1, 0.15) is 11.0 Å². The van der Waals surface area contributed by atoms with Crippen LogP contribution in [0, 0.1) is 0 Å². The lowest BCUT2D eigenvalue weighted by atomic mass is 10.2. The molecule has 0 radical (unpaired) electrons. The van der Waals surface area contributed by atoms with E-state index in [1.807, 2.05) is 72.1 Å². The van der Waals surface area contributed by atoms with E-state index in [1.165, 1.54) is 11.8 Å². The summed E-state index contributed by atoms with van der Waals surface area (Å²) in [6.45, 7) is 0.436. The Morgan fingerprint density at radius 1 is 1.13 bits per heavy atom. The molecule has 2 aromatic carbocycles. The number of thioether (sulfide) groups is 1. The molecule has 0 unspecified atom stereocenters. The number of methoxy groups -OCH3 is 1. The number of amides is 2. The monoisotopic (exact) mass is 451 g/mol. The van der Waals surface area contributed by atoms with Gasteiger partial charge in [-0.3, -0.25) is 14.5 Å². The second-order valence-electron chi connectivity index (χ2n) is 6.82. The van der Waals surface area contributed by atoms with Gasteiger partial charge in [0.15, 0.2) is 5.17 Å². The van der Waals surface area contributed by atoms with Gasteiger partial charge < -0.3 is 10.1 Å². The van der Waals surface area contributed by atoms with Crippen LogP contribution in [0.4, 0.5) is 11.4 Å². The van der Waals surface area contributed by atoms with Crippen LogP contribution in [-0.2, 0) is 16.1 Å². The number of anilines is 1. The van der Waals surface area contributed by atoms with E-state index >= 15 is 0 Å². The Kier molecular flexibility index (Phi) is 6.69. The number of nitrogens with one attached hydrogen (secondary N) is 1. The highest BCUT2D eigenvalue weighted by Gasteiger charge is 2.36. The largest absolute Gasteiger partial charge is 0.497 e. The number of thiophene rings is 1. The highest BCUT2D eigenvalue weighted by atomic mass is 32.2. The number of carbonyl (C=O) groups is 2. The topological polar surface area (TPSA) is 71.0 Å². The van der Waals surface area contributed by atoms with E-state index in [9.17, 15) is 9.59 Å². The standard InChI is InChI=1S/C23H21N3O3S2/c1-29-18-11-9-17(10-12-18)25-23-26(15-19-8-5-13-30-19)21(27)14-20(31-23)22(28)24-16-6-3-2-4-7-16/h2-13,20H,14-15H2,1H3,(H,24,28)/t20-/m1/s1. The summed E-state index contributed by atoms with van der Waals surface area (Å²) >= 11 is 2.90. The summed E-state index contributed by atoms with van der Waals surface area (Å²) in [7, 11) is 1.61. The van der Waals surface area contributed by atoms with E-state index in [0.717, 1.165) is 10.6 Å². The van der Waals surface area contributed by atoms with Crippen LogP contribution in [0.25, 0.3) is 0 Å². The summed E-state index contributed by atoms with van der Waals surface area (Å²) in [5.74, 6) is 0.405. The molecule has 4 rings (SSSR count). The quantitative estimate of drug-likeness (QED) is 0.578. The van der Waals surface area contributed by atoms with Gasteiger partial charge in [-0.25, -0.2) is 4.99 Å². The SMILES string of the molecule is COc1ccc(N=C2S[C@@H](C(=O)Nc3ccccc3)CC(=O)N2Cc2cccs2)cc1. The normalized spacial score (nSPS) is 17.6. The molecule has 8 heteroatoms. The van der Waals surface area contributed by atoms with Crippen molar-refractivity contribution in [2.75, 3.05) is 12.4 Å². The number of hydrogen-bond acceptors (Lipinski definition) is 6. The predicted molar refractivity (Wildman–Crippen MR) is 126 cm³/mol. The third-order valence-corrected chi connectivity index (χ3v) is 6.71. The lowest BCUT2D eigenvalue weighted by molar-refractivity contribution is -0.129. The number of rotatable bonds is 6. The molecular weight excluding hydrogens is 430 g/mol. The summed E-state index contributed by atoms with van der Waals surface area (Å²) in [6.07, 6.45) is 0.121. The molecule has 158 valence electrons. The Bertz CT molecular complexity index is 1070. The third kappa shape index (κ3) is 5.34. The van der Waals surface area contributed by atoms with Crippen LogP contribution in [0.3, 0.4) is 0 Å². The highest BCUT2D eigenvalue weighted by Crippen LogP contribution is 2.32. The number of benzene rings is 2. The molecule has 6 nitrogen and oxygen atoms in total. The number of carbonyl (C=O) groups excluding carboxylic acids is 2. The molecule has 1 N–H and O–H groups in total. The van der Waals surface area contributed by atoms with Crippen molar-refractivity contribution in [3.63, 3.8) is 0 Å². The minimum absolute atomic E-state index is 0.118. The number of amidine groups is 1. The smallest absolute Gasteiger partial charge is 0.238 e. The van der Waals surface area contributed by atoms with Gasteiger partial charge in [-0.1, -0.05) is 36.0 Å². The molecule has 1 aliphatic heterocycles. The van der Waals surface area contributed by atoms with Gasteiger partial charge in [0, 0.05) is 17.0 Å². The minimum atomic E-state index is -0.552. The summed E-state index contributed by atoms with van der Waals surface area (Å²) in [5, 5.41) is 4.84. The van der Waals surface area contributed by atoms with Gasteiger partial charge in [0.2, 0.25) is 11.8 Å². The molecule has 1 atom stereocenters. The zero-order valence-electron chi connectivity index (χ0n) is 16.9. The highest BCUT2D eigenvalue weighted by molar-refractivity contribution is 8.15. The van der Waals surface area contributed by atoms with Crippen molar-refractivity contribution >= 4 is 51.5 Å². The first-order valence-electron chi connectivity index (χ1n) is 9.70. The third-order valence-electron chi connectivity index (χ3n) is 4.66. The molecule has 1 saturated heterocycles. The van der Waals surface area contributed by atoms with Crippen LogP contribution in [-0.4, -0.2) is 34.2 Å². The average molecular weight is 452 g/mol. The molecule has 0 spiro atoms. The molecule has 2 heterocycles. The van der Waals surface area contributed by atoms with Crippen LogP contribution < -0.4 is 10.1 Å². The molecule has 31 heavy (non-hydrogen) atoms. The predicted octanol–water partition coefficient (Wildman–Crippen LogP) is 4.92. The second kappa shape index (κ2) is 9.80. The summed E-state index contributed by atoms with van der Waals surface area (Å²) in [4.78, 5) is 33.3. The van der Waals surface area contributed by atoms with Gasteiger partial charge in [-0.15, -0.1) is 11.3 Å². The molecule has 0 aliphatic carbocycles. The maximum absolute atomic E-state index is 13.0. The van der Waals surface area contributed by atoms with Crippen LogP contribution in [0.5, 0.6) is 5.75 Å². The van der Waals surface area contributed by atoms with Crippen LogP contribution in [0.2, 0.25) is 0 Å². The summed E-state index contributed by atoms with van der Waals surface area (Å²) in [6, 6.07) is 20.5. The second-order valence-corrected chi connectivity index (χ2v) is 9.02. The van der Waals surface area contributed by atoms with E-state index in [-0.39, 0.29) is 18.2 Å². The first-order chi connectivity index (χ1) is 15.1. The Labute approximate surface area is 188 Å².